The van der Waals surface area contributed by atoms with Crippen LogP contribution >= 0.6 is 0 Å². The highest BCUT2D eigenvalue weighted by Crippen LogP contribution is 2.47. The molecule has 1 amide bonds. The first-order valence-corrected chi connectivity index (χ1v) is 8.25. The number of sulfonamides is 1. The van der Waals surface area contributed by atoms with Crippen LogP contribution in [0.2, 0.25) is 0 Å². The molecule has 1 aliphatic carbocycles. The molecule has 1 N–H and O–H groups in total. The van der Waals surface area contributed by atoms with Gasteiger partial charge >= 0.3 is 0 Å². The van der Waals surface area contributed by atoms with Gasteiger partial charge in [-0.25, -0.2) is 8.42 Å². The van der Waals surface area contributed by atoms with E-state index in [0.717, 1.165) is 11.1 Å². The highest BCUT2D eigenvalue weighted by Gasteiger charge is 2.44. The minimum absolute atomic E-state index is 0.0887. The van der Waals surface area contributed by atoms with Crippen LogP contribution in [0, 0.1) is 12.8 Å². The predicted molar refractivity (Wildman–Crippen MR) is 74.5 cm³/mol. The van der Waals surface area contributed by atoms with Crippen molar-refractivity contribution in [3.8, 4) is 0 Å². The lowest BCUT2D eigenvalue weighted by atomic mass is 10.1. The van der Waals surface area contributed by atoms with E-state index >= 15 is 0 Å². The highest BCUT2D eigenvalue weighted by molar-refractivity contribution is 7.90. The molecule has 110 valence electrons. The number of halogens is 1. The van der Waals surface area contributed by atoms with Gasteiger partial charge in [-0.05, 0) is 31.2 Å². The molecule has 0 heterocycles. The van der Waals surface area contributed by atoms with Crippen LogP contribution in [0.5, 0.6) is 0 Å². The second-order valence-corrected chi connectivity index (χ2v) is 7.03. The first kappa shape index (κ1) is 15.0. The van der Waals surface area contributed by atoms with E-state index in [2.05, 4.69) is 0 Å². The Labute approximate surface area is 118 Å². The molecule has 2 rings (SSSR count). The number of amides is 1. The van der Waals surface area contributed by atoms with Gasteiger partial charge in [-0.3, -0.25) is 13.9 Å². The summed E-state index contributed by atoms with van der Waals surface area (Å²) in [6.07, 6.45) is 0.572. The van der Waals surface area contributed by atoms with Crippen molar-refractivity contribution in [2.75, 3.05) is 12.4 Å². The van der Waals surface area contributed by atoms with Gasteiger partial charge in [0.25, 0.3) is 0 Å². The molecule has 4 nitrogen and oxygen atoms in total. The third-order valence-corrected chi connectivity index (χ3v) is 4.74. The van der Waals surface area contributed by atoms with Crippen LogP contribution in [-0.4, -0.2) is 26.8 Å². The first-order valence-electron chi connectivity index (χ1n) is 6.60. The maximum Gasteiger partial charge on any atom is 0.237 e. The Bertz CT molecular complexity index is 600. The molecule has 0 saturated heterocycles. The Kier molecular flexibility index (Phi) is 4.42. The van der Waals surface area contributed by atoms with Crippen LogP contribution in [0.4, 0.5) is 4.39 Å². The van der Waals surface area contributed by atoms with E-state index in [0.29, 0.717) is 6.42 Å². The zero-order chi connectivity index (χ0) is 14.8. The standard InChI is InChI=1S/C14H18FNO3S/c1-10-4-2-5-11(8-10)12-9-13(12)14(17)16-20(18,19)7-3-6-15/h2,4-5,8,12-13H,3,6-7,9H2,1H3,(H,16,17)/t12-,13+/m0/s1. The second-order valence-electron chi connectivity index (χ2n) is 5.19. The molecule has 2 atom stereocenters. The normalized spacial score (nSPS) is 21.5. The number of aryl methyl sites for hydroxylation is 1. The molecular formula is C14H18FNO3S. The van der Waals surface area contributed by atoms with Gasteiger partial charge in [0.05, 0.1) is 12.4 Å². The second kappa shape index (κ2) is 5.91. The molecule has 0 radical (unpaired) electrons. The lowest BCUT2D eigenvalue weighted by molar-refractivity contribution is -0.120. The summed E-state index contributed by atoms with van der Waals surface area (Å²) in [5.74, 6) is -1.03. The fourth-order valence-electron chi connectivity index (χ4n) is 2.28. The van der Waals surface area contributed by atoms with Crippen molar-refractivity contribution < 1.29 is 17.6 Å². The SMILES string of the molecule is Cc1cccc([C@@H]2C[C@H]2C(=O)NS(=O)(=O)CCCF)c1. The molecule has 6 heteroatoms. The molecule has 1 aromatic rings. The predicted octanol–water partition coefficient (Wildman–Crippen LogP) is 1.90. The van der Waals surface area contributed by atoms with Gasteiger partial charge in [-0.1, -0.05) is 29.8 Å². The van der Waals surface area contributed by atoms with Gasteiger partial charge in [0.1, 0.15) is 0 Å². The molecule has 0 unspecified atom stereocenters. The number of alkyl halides is 1. The number of benzene rings is 1. The Morgan fingerprint density at radius 3 is 2.85 bits per heavy atom. The number of rotatable bonds is 6. The van der Waals surface area contributed by atoms with Crippen molar-refractivity contribution in [3.63, 3.8) is 0 Å². The van der Waals surface area contributed by atoms with E-state index in [9.17, 15) is 17.6 Å². The van der Waals surface area contributed by atoms with Crippen LogP contribution in [0.15, 0.2) is 24.3 Å². The lowest BCUT2D eigenvalue weighted by Gasteiger charge is -2.06. The van der Waals surface area contributed by atoms with Crippen molar-refractivity contribution >= 4 is 15.9 Å². The van der Waals surface area contributed by atoms with E-state index in [1.165, 1.54) is 0 Å². The molecule has 0 bridgehead atoms. The van der Waals surface area contributed by atoms with Gasteiger partial charge in [-0.2, -0.15) is 0 Å². The molecule has 1 fully saturated rings. The fourth-order valence-corrected chi connectivity index (χ4v) is 3.33. The topological polar surface area (TPSA) is 63.2 Å². The molecule has 1 aromatic carbocycles. The van der Waals surface area contributed by atoms with Crippen LogP contribution < -0.4 is 4.72 Å². The number of nitrogens with one attached hydrogen (secondary N) is 1. The molecule has 0 aliphatic heterocycles. The average molecular weight is 299 g/mol. The van der Waals surface area contributed by atoms with Crippen LogP contribution in [0.1, 0.15) is 29.9 Å². The smallest absolute Gasteiger partial charge is 0.237 e. The van der Waals surface area contributed by atoms with Gasteiger partial charge < -0.3 is 0 Å². The summed E-state index contributed by atoms with van der Waals surface area (Å²) in [5, 5.41) is 0. The number of carbonyl (C=O) groups excluding carboxylic acids is 1. The van der Waals surface area contributed by atoms with Crippen LogP contribution in [0.25, 0.3) is 0 Å². The highest BCUT2D eigenvalue weighted by atomic mass is 32.2. The maximum atomic E-state index is 12.0. The summed E-state index contributed by atoms with van der Waals surface area (Å²) < 4.78 is 37.1. The molecule has 1 aliphatic rings. The first-order chi connectivity index (χ1) is 9.43. The van der Waals surface area contributed by atoms with E-state index in [4.69, 9.17) is 0 Å². The monoisotopic (exact) mass is 299 g/mol. The maximum absolute atomic E-state index is 12.0. The van der Waals surface area contributed by atoms with Crippen LogP contribution in [0.3, 0.4) is 0 Å². The quantitative estimate of drug-likeness (QED) is 0.872. The molecular weight excluding hydrogens is 281 g/mol. The van der Waals surface area contributed by atoms with E-state index in [-0.39, 0.29) is 24.0 Å². The number of carbonyl (C=O) groups is 1. The molecule has 0 spiro atoms. The Morgan fingerprint density at radius 2 is 2.20 bits per heavy atom. The van der Waals surface area contributed by atoms with Gasteiger partial charge in [-0.15, -0.1) is 0 Å². The zero-order valence-corrected chi connectivity index (χ0v) is 12.1. The third-order valence-electron chi connectivity index (χ3n) is 3.40. The average Bonchev–Trinajstić information content (AvgIpc) is 3.16. The Hall–Kier alpha value is -1.43. The summed E-state index contributed by atoms with van der Waals surface area (Å²) in [6, 6.07) is 7.86. The number of hydrogen-bond acceptors (Lipinski definition) is 3. The molecule has 1 saturated carbocycles. The summed E-state index contributed by atoms with van der Waals surface area (Å²) in [5.41, 5.74) is 2.18. The van der Waals surface area contributed by atoms with Gasteiger partial charge in [0.15, 0.2) is 0 Å². The van der Waals surface area contributed by atoms with Crippen molar-refractivity contribution in [1.29, 1.82) is 0 Å². The Balaban J connectivity index is 1.93. The summed E-state index contributed by atoms with van der Waals surface area (Å²) >= 11 is 0. The van der Waals surface area contributed by atoms with Crippen molar-refractivity contribution in [2.45, 2.75) is 25.7 Å². The lowest BCUT2D eigenvalue weighted by Crippen LogP contribution is -2.34. The molecule has 0 aromatic heterocycles. The number of hydrogen-bond donors (Lipinski definition) is 1. The fraction of sp³-hybridized carbons (Fsp3) is 0.500. The van der Waals surface area contributed by atoms with Gasteiger partial charge in [0, 0.05) is 5.92 Å². The zero-order valence-electron chi connectivity index (χ0n) is 11.3. The van der Waals surface area contributed by atoms with Crippen molar-refractivity contribution in [1.82, 2.24) is 4.72 Å². The van der Waals surface area contributed by atoms with Crippen LogP contribution in [-0.2, 0) is 14.8 Å². The summed E-state index contributed by atoms with van der Waals surface area (Å²) in [6.45, 7) is 1.27. The largest absolute Gasteiger partial charge is 0.274 e. The Morgan fingerprint density at radius 1 is 1.45 bits per heavy atom. The van der Waals surface area contributed by atoms with E-state index in [1.54, 1.807) is 0 Å². The summed E-state index contributed by atoms with van der Waals surface area (Å²) in [4.78, 5) is 11.9. The summed E-state index contributed by atoms with van der Waals surface area (Å²) in [7, 11) is -3.70. The van der Waals surface area contributed by atoms with Gasteiger partial charge in [0.2, 0.25) is 15.9 Å². The van der Waals surface area contributed by atoms with Crippen molar-refractivity contribution in [3.05, 3.63) is 35.4 Å². The third kappa shape index (κ3) is 3.79. The molecule has 20 heavy (non-hydrogen) atoms. The van der Waals surface area contributed by atoms with Crippen molar-refractivity contribution in [2.24, 2.45) is 5.92 Å². The van der Waals surface area contributed by atoms with E-state index in [1.807, 2.05) is 35.9 Å². The minimum atomic E-state index is -3.70. The minimum Gasteiger partial charge on any atom is -0.274 e. The van der Waals surface area contributed by atoms with E-state index < -0.39 is 22.6 Å².